The number of hydrogen-bond acceptors (Lipinski definition) is 3. The van der Waals surface area contributed by atoms with E-state index >= 15 is 0 Å². The Labute approximate surface area is 167 Å². The molecule has 0 aromatic heterocycles. The maximum Gasteiger partial charge on any atom is 0.251 e. The van der Waals surface area contributed by atoms with Gasteiger partial charge in [0, 0.05) is 42.7 Å². The van der Waals surface area contributed by atoms with Crippen molar-refractivity contribution in [1.29, 1.82) is 0 Å². The molecule has 2 fully saturated rings. The van der Waals surface area contributed by atoms with E-state index in [1.807, 2.05) is 24.3 Å². The Bertz CT molecular complexity index is 647. The van der Waals surface area contributed by atoms with Gasteiger partial charge < -0.3 is 15.5 Å². The fraction of sp³-hybridized carbons (Fsp3) is 0.619. The average Bonchev–Trinajstić information content (AvgIpc) is 2.71. The number of carbonyl (C=O) groups excluding carboxylic acids is 1. The van der Waals surface area contributed by atoms with Gasteiger partial charge in [-0.05, 0) is 37.5 Å². The number of hydrogen-bond donors (Lipinski definition) is 2. The second-order valence-corrected chi connectivity index (χ2v) is 9.02. The standard InChI is InChI=1S/C21H32N4OS/c1-3-23-20(24-15-17-7-9-18(10-8-17)19(26)22-2)25-13-14-27-21(16-25)11-5-4-6-12-21/h7-10H,3-6,11-16H2,1-2H3,(H,22,26)(H,23,24). The van der Waals surface area contributed by atoms with Gasteiger partial charge in [-0.2, -0.15) is 11.8 Å². The highest BCUT2D eigenvalue weighted by atomic mass is 32.2. The quantitative estimate of drug-likeness (QED) is 0.614. The summed E-state index contributed by atoms with van der Waals surface area (Å²) in [5.41, 5.74) is 1.81. The number of aliphatic imine (C=N–C) groups is 1. The van der Waals surface area contributed by atoms with E-state index in [0.717, 1.165) is 31.2 Å². The molecule has 1 heterocycles. The van der Waals surface area contributed by atoms with Crippen molar-refractivity contribution in [2.75, 3.05) is 32.4 Å². The van der Waals surface area contributed by atoms with Crippen LogP contribution in [0.3, 0.4) is 0 Å². The Balaban J connectivity index is 1.67. The number of nitrogens with zero attached hydrogens (tertiary/aromatic N) is 2. The molecule has 1 aromatic rings. The molecule has 0 radical (unpaired) electrons. The first-order valence-electron chi connectivity index (χ1n) is 10.1. The molecule has 1 spiro atoms. The Hall–Kier alpha value is -1.69. The maximum atomic E-state index is 11.7. The molecule has 0 bridgehead atoms. The molecule has 2 N–H and O–H groups in total. The van der Waals surface area contributed by atoms with Gasteiger partial charge in [-0.25, -0.2) is 4.99 Å². The van der Waals surface area contributed by atoms with Crippen LogP contribution in [0.4, 0.5) is 0 Å². The smallest absolute Gasteiger partial charge is 0.251 e. The SMILES string of the molecule is CCNC(=NCc1ccc(C(=O)NC)cc1)N1CCSC2(CCCCC2)C1. The summed E-state index contributed by atoms with van der Waals surface area (Å²) in [6.45, 7) is 5.81. The maximum absolute atomic E-state index is 11.7. The third-order valence-corrected chi connectivity index (χ3v) is 7.04. The lowest BCUT2D eigenvalue weighted by Crippen LogP contribution is -2.53. The van der Waals surface area contributed by atoms with Gasteiger partial charge in [-0.15, -0.1) is 0 Å². The lowest BCUT2D eigenvalue weighted by atomic mass is 9.87. The molecule has 1 saturated heterocycles. The van der Waals surface area contributed by atoms with Gasteiger partial charge in [0.05, 0.1) is 6.54 Å². The molecule has 1 saturated carbocycles. The number of benzene rings is 1. The first-order valence-corrected chi connectivity index (χ1v) is 11.1. The first kappa shape index (κ1) is 20.1. The Kier molecular flexibility index (Phi) is 7.05. The fourth-order valence-corrected chi connectivity index (χ4v) is 5.59. The molecule has 0 atom stereocenters. The number of amides is 1. The fourth-order valence-electron chi connectivity index (χ4n) is 4.02. The van der Waals surface area contributed by atoms with E-state index in [4.69, 9.17) is 4.99 Å². The van der Waals surface area contributed by atoms with E-state index in [2.05, 4.69) is 34.2 Å². The van der Waals surface area contributed by atoms with Crippen molar-refractivity contribution in [2.45, 2.75) is 50.3 Å². The minimum absolute atomic E-state index is 0.0537. The zero-order valence-electron chi connectivity index (χ0n) is 16.6. The van der Waals surface area contributed by atoms with Crippen LogP contribution in [0.2, 0.25) is 0 Å². The molecule has 1 amide bonds. The van der Waals surface area contributed by atoms with E-state index in [1.54, 1.807) is 7.05 Å². The van der Waals surface area contributed by atoms with E-state index in [9.17, 15) is 4.79 Å². The molecule has 1 aliphatic carbocycles. The van der Waals surface area contributed by atoms with E-state index in [0.29, 0.717) is 16.9 Å². The number of carbonyl (C=O) groups is 1. The van der Waals surface area contributed by atoms with Gasteiger partial charge in [-0.1, -0.05) is 31.4 Å². The molecule has 27 heavy (non-hydrogen) atoms. The van der Waals surface area contributed by atoms with E-state index in [-0.39, 0.29) is 5.91 Å². The molecule has 1 aliphatic heterocycles. The molecule has 148 valence electrons. The van der Waals surface area contributed by atoms with Crippen LogP contribution < -0.4 is 10.6 Å². The molecule has 3 rings (SSSR count). The van der Waals surface area contributed by atoms with Gasteiger partial charge in [0.2, 0.25) is 0 Å². The summed E-state index contributed by atoms with van der Waals surface area (Å²) in [5.74, 6) is 2.16. The topological polar surface area (TPSA) is 56.7 Å². The Morgan fingerprint density at radius 1 is 1.22 bits per heavy atom. The summed E-state index contributed by atoms with van der Waals surface area (Å²) >= 11 is 2.18. The highest BCUT2D eigenvalue weighted by molar-refractivity contribution is 8.00. The Morgan fingerprint density at radius 2 is 1.96 bits per heavy atom. The molecule has 0 unspecified atom stereocenters. The number of nitrogens with one attached hydrogen (secondary N) is 2. The van der Waals surface area contributed by atoms with Gasteiger partial charge in [0.15, 0.2) is 5.96 Å². The van der Waals surface area contributed by atoms with Crippen LogP contribution in [0.15, 0.2) is 29.3 Å². The predicted octanol–water partition coefficient (Wildman–Crippen LogP) is 3.26. The minimum Gasteiger partial charge on any atom is -0.357 e. The van der Waals surface area contributed by atoms with Gasteiger partial charge >= 0.3 is 0 Å². The van der Waals surface area contributed by atoms with Gasteiger partial charge in [0.1, 0.15) is 0 Å². The van der Waals surface area contributed by atoms with Gasteiger partial charge in [-0.3, -0.25) is 4.79 Å². The summed E-state index contributed by atoms with van der Waals surface area (Å²) < 4.78 is 0.432. The number of thioether (sulfide) groups is 1. The summed E-state index contributed by atoms with van der Waals surface area (Å²) in [6.07, 6.45) is 6.81. The molecular weight excluding hydrogens is 356 g/mol. The Morgan fingerprint density at radius 3 is 2.63 bits per heavy atom. The highest BCUT2D eigenvalue weighted by Crippen LogP contribution is 2.42. The van der Waals surface area contributed by atoms with E-state index < -0.39 is 0 Å². The van der Waals surface area contributed by atoms with Crippen molar-refractivity contribution in [2.24, 2.45) is 4.99 Å². The lowest BCUT2D eigenvalue weighted by Gasteiger charge is -2.45. The second kappa shape index (κ2) is 9.49. The summed E-state index contributed by atoms with van der Waals surface area (Å²) in [5, 5.41) is 6.14. The number of guanidine groups is 1. The predicted molar refractivity (Wildman–Crippen MR) is 114 cm³/mol. The van der Waals surface area contributed by atoms with Crippen LogP contribution in [0.5, 0.6) is 0 Å². The zero-order valence-corrected chi connectivity index (χ0v) is 17.4. The third kappa shape index (κ3) is 5.18. The van der Waals surface area contributed by atoms with Crippen LogP contribution in [0.25, 0.3) is 0 Å². The van der Waals surface area contributed by atoms with Crippen molar-refractivity contribution < 1.29 is 4.79 Å². The summed E-state index contributed by atoms with van der Waals surface area (Å²) in [6, 6.07) is 7.72. The molecule has 2 aliphatic rings. The summed E-state index contributed by atoms with van der Waals surface area (Å²) in [7, 11) is 1.65. The molecule has 5 nitrogen and oxygen atoms in total. The molecular formula is C21H32N4OS. The van der Waals surface area contributed by atoms with Gasteiger partial charge in [0.25, 0.3) is 5.91 Å². The van der Waals surface area contributed by atoms with E-state index in [1.165, 1.54) is 37.9 Å². The van der Waals surface area contributed by atoms with Crippen LogP contribution in [0.1, 0.15) is 54.9 Å². The van der Waals surface area contributed by atoms with Crippen molar-refractivity contribution in [1.82, 2.24) is 15.5 Å². The van der Waals surface area contributed by atoms with Crippen LogP contribution in [-0.2, 0) is 6.54 Å². The zero-order chi connectivity index (χ0) is 19.1. The van der Waals surface area contributed by atoms with Crippen molar-refractivity contribution in [3.8, 4) is 0 Å². The largest absolute Gasteiger partial charge is 0.357 e. The summed E-state index contributed by atoms with van der Waals surface area (Å²) in [4.78, 5) is 19.0. The monoisotopic (exact) mass is 388 g/mol. The normalized spacial score (nSPS) is 19.8. The third-order valence-electron chi connectivity index (χ3n) is 5.50. The van der Waals surface area contributed by atoms with Crippen LogP contribution in [-0.4, -0.2) is 53.9 Å². The second-order valence-electron chi connectivity index (χ2n) is 7.46. The first-order chi connectivity index (χ1) is 13.2. The molecule has 6 heteroatoms. The molecule has 1 aromatic carbocycles. The van der Waals surface area contributed by atoms with Crippen molar-refractivity contribution in [3.05, 3.63) is 35.4 Å². The number of rotatable bonds is 4. The average molecular weight is 389 g/mol. The highest BCUT2D eigenvalue weighted by Gasteiger charge is 2.38. The lowest BCUT2D eigenvalue weighted by molar-refractivity contribution is 0.0963. The van der Waals surface area contributed by atoms with Crippen LogP contribution >= 0.6 is 11.8 Å². The van der Waals surface area contributed by atoms with Crippen molar-refractivity contribution >= 4 is 23.6 Å². The minimum atomic E-state index is -0.0537. The van der Waals surface area contributed by atoms with Crippen molar-refractivity contribution in [3.63, 3.8) is 0 Å². The van der Waals surface area contributed by atoms with Crippen LogP contribution in [0, 0.1) is 0 Å².